The molecule has 0 bridgehead atoms. The number of pyridine rings is 1. The van der Waals surface area contributed by atoms with Gasteiger partial charge in [0.05, 0.1) is 6.20 Å². The van der Waals surface area contributed by atoms with Crippen LogP contribution in [0.3, 0.4) is 0 Å². The lowest BCUT2D eigenvalue weighted by molar-refractivity contribution is 0.0776. The largest absolute Gasteiger partial charge is 0.336 e. The topological polar surface area (TPSA) is 51.0 Å². The van der Waals surface area contributed by atoms with Crippen molar-refractivity contribution in [2.45, 2.75) is 11.7 Å². The van der Waals surface area contributed by atoms with Crippen molar-refractivity contribution in [1.82, 2.24) is 19.4 Å². The summed E-state index contributed by atoms with van der Waals surface area (Å²) in [6.07, 6.45) is 7.09. The van der Waals surface area contributed by atoms with Crippen LogP contribution in [0.25, 0.3) is 5.69 Å². The molecule has 122 valence electrons. The number of hydrogen-bond acceptors (Lipinski definition) is 4. The Hall–Kier alpha value is -2.60. The quantitative estimate of drug-likeness (QED) is 0.670. The lowest BCUT2D eigenvalue weighted by Crippen LogP contribution is -2.28. The third kappa shape index (κ3) is 3.33. The van der Waals surface area contributed by atoms with Crippen LogP contribution in [0.5, 0.6) is 0 Å². The van der Waals surface area contributed by atoms with Crippen LogP contribution in [0.15, 0.2) is 66.2 Å². The molecule has 0 N–H and O–H groups in total. The molecular weight excluding hydrogens is 320 g/mol. The standard InChI is InChI=1S/C18H18N4OS/c1-21(13-14-7-6-10-19-11-14)17(23)16-12-20-18(24-2)22(16)15-8-4-3-5-9-15/h3-12H,13H2,1-2H3. The molecule has 0 radical (unpaired) electrons. The number of thioether (sulfide) groups is 1. The van der Waals surface area contributed by atoms with Crippen LogP contribution in [0.2, 0.25) is 0 Å². The van der Waals surface area contributed by atoms with Gasteiger partial charge in [0.15, 0.2) is 5.16 Å². The van der Waals surface area contributed by atoms with Crippen LogP contribution in [0.4, 0.5) is 0 Å². The van der Waals surface area contributed by atoms with E-state index in [2.05, 4.69) is 9.97 Å². The molecule has 0 aliphatic carbocycles. The van der Waals surface area contributed by atoms with Crippen molar-refractivity contribution in [2.75, 3.05) is 13.3 Å². The maximum Gasteiger partial charge on any atom is 0.272 e. The lowest BCUT2D eigenvalue weighted by atomic mass is 10.2. The predicted octanol–water partition coefficient (Wildman–Crippen LogP) is 3.26. The van der Waals surface area contributed by atoms with Crippen molar-refractivity contribution < 1.29 is 4.79 Å². The molecule has 6 heteroatoms. The molecule has 0 fully saturated rings. The third-order valence-corrected chi connectivity index (χ3v) is 4.29. The molecule has 24 heavy (non-hydrogen) atoms. The molecular formula is C18H18N4OS. The predicted molar refractivity (Wildman–Crippen MR) is 95.4 cm³/mol. The van der Waals surface area contributed by atoms with E-state index in [4.69, 9.17) is 0 Å². The Morgan fingerprint density at radius 2 is 1.96 bits per heavy atom. The molecule has 2 aromatic heterocycles. The first-order valence-corrected chi connectivity index (χ1v) is 8.74. The van der Waals surface area contributed by atoms with Crippen molar-refractivity contribution >= 4 is 17.7 Å². The molecule has 2 heterocycles. The van der Waals surface area contributed by atoms with Gasteiger partial charge in [-0.2, -0.15) is 0 Å². The second-order valence-corrected chi connectivity index (χ2v) is 6.10. The van der Waals surface area contributed by atoms with E-state index in [1.54, 1.807) is 30.5 Å². The van der Waals surface area contributed by atoms with E-state index in [1.807, 2.05) is 53.3 Å². The number of benzene rings is 1. The fourth-order valence-corrected chi connectivity index (χ4v) is 3.03. The fourth-order valence-electron chi connectivity index (χ4n) is 2.49. The van der Waals surface area contributed by atoms with Crippen LogP contribution >= 0.6 is 11.8 Å². The summed E-state index contributed by atoms with van der Waals surface area (Å²) in [5.74, 6) is -0.0736. The average Bonchev–Trinajstić information content (AvgIpc) is 3.06. The number of amides is 1. The number of aromatic nitrogens is 3. The fraction of sp³-hybridized carbons (Fsp3) is 0.167. The molecule has 0 aliphatic heterocycles. The van der Waals surface area contributed by atoms with Crippen molar-refractivity contribution in [1.29, 1.82) is 0 Å². The first-order chi connectivity index (χ1) is 11.7. The zero-order valence-electron chi connectivity index (χ0n) is 13.6. The van der Waals surface area contributed by atoms with E-state index in [0.717, 1.165) is 16.4 Å². The van der Waals surface area contributed by atoms with Gasteiger partial charge in [-0.15, -0.1) is 0 Å². The molecule has 0 unspecified atom stereocenters. The first-order valence-electron chi connectivity index (χ1n) is 7.52. The monoisotopic (exact) mass is 338 g/mol. The summed E-state index contributed by atoms with van der Waals surface area (Å²) in [7, 11) is 1.79. The number of para-hydroxylation sites is 1. The van der Waals surface area contributed by atoms with Gasteiger partial charge in [-0.3, -0.25) is 14.3 Å². The van der Waals surface area contributed by atoms with E-state index < -0.39 is 0 Å². The molecule has 0 atom stereocenters. The highest BCUT2D eigenvalue weighted by Gasteiger charge is 2.20. The molecule has 0 saturated carbocycles. The van der Waals surface area contributed by atoms with Gasteiger partial charge < -0.3 is 4.90 Å². The molecule has 3 aromatic rings. The zero-order valence-corrected chi connectivity index (χ0v) is 14.4. The van der Waals surface area contributed by atoms with Gasteiger partial charge in [0.2, 0.25) is 0 Å². The molecule has 3 rings (SSSR count). The van der Waals surface area contributed by atoms with Crippen LogP contribution in [-0.4, -0.2) is 38.6 Å². The number of nitrogens with zero attached hydrogens (tertiary/aromatic N) is 4. The highest BCUT2D eigenvalue weighted by atomic mass is 32.2. The number of hydrogen-bond donors (Lipinski definition) is 0. The second kappa shape index (κ2) is 7.31. The van der Waals surface area contributed by atoms with Crippen molar-refractivity contribution in [3.05, 3.63) is 72.3 Å². The summed E-state index contributed by atoms with van der Waals surface area (Å²) in [4.78, 5) is 23.1. The minimum atomic E-state index is -0.0736. The van der Waals surface area contributed by atoms with Gasteiger partial charge in [0.1, 0.15) is 5.69 Å². The van der Waals surface area contributed by atoms with Gasteiger partial charge in [-0.05, 0) is 30.0 Å². The summed E-state index contributed by atoms with van der Waals surface area (Å²) in [5.41, 5.74) is 2.47. The van der Waals surface area contributed by atoms with E-state index >= 15 is 0 Å². The lowest BCUT2D eigenvalue weighted by Gasteiger charge is -2.18. The van der Waals surface area contributed by atoms with Gasteiger partial charge in [-0.25, -0.2) is 4.98 Å². The zero-order chi connectivity index (χ0) is 16.9. The Morgan fingerprint density at radius 3 is 2.62 bits per heavy atom. The molecule has 0 spiro atoms. The van der Waals surface area contributed by atoms with Crippen LogP contribution in [-0.2, 0) is 6.54 Å². The van der Waals surface area contributed by atoms with E-state index in [-0.39, 0.29) is 5.91 Å². The van der Waals surface area contributed by atoms with Crippen molar-refractivity contribution in [3.63, 3.8) is 0 Å². The number of carbonyl (C=O) groups is 1. The van der Waals surface area contributed by atoms with Crippen LogP contribution in [0.1, 0.15) is 16.1 Å². The Kier molecular flexibility index (Phi) is 4.96. The highest BCUT2D eigenvalue weighted by molar-refractivity contribution is 7.98. The van der Waals surface area contributed by atoms with Crippen LogP contribution in [0, 0.1) is 0 Å². The molecule has 0 saturated heterocycles. The molecule has 1 aromatic carbocycles. The summed E-state index contributed by atoms with van der Waals surface area (Å²) in [6, 6.07) is 13.6. The number of carbonyl (C=O) groups excluding carboxylic acids is 1. The SMILES string of the molecule is CSc1ncc(C(=O)N(C)Cc2cccnc2)n1-c1ccccc1. The second-order valence-electron chi connectivity index (χ2n) is 5.32. The maximum absolute atomic E-state index is 12.9. The summed E-state index contributed by atoms with van der Waals surface area (Å²) in [5, 5.41) is 0.791. The van der Waals surface area contributed by atoms with Crippen molar-refractivity contribution in [3.8, 4) is 5.69 Å². The van der Waals surface area contributed by atoms with E-state index in [0.29, 0.717) is 12.2 Å². The summed E-state index contributed by atoms with van der Waals surface area (Å²) >= 11 is 1.52. The smallest absolute Gasteiger partial charge is 0.272 e. The minimum Gasteiger partial charge on any atom is -0.336 e. The van der Waals surface area contributed by atoms with E-state index in [9.17, 15) is 4.79 Å². The number of rotatable bonds is 5. The average molecular weight is 338 g/mol. The van der Waals surface area contributed by atoms with Gasteiger partial charge in [-0.1, -0.05) is 36.0 Å². The van der Waals surface area contributed by atoms with E-state index in [1.165, 1.54) is 11.8 Å². The number of imidazole rings is 1. The Bertz CT molecular complexity index is 818. The Morgan fingerprint density at radius 1 is 1.17 bits per heavy atom. The van der Waals surface area contributed by atoms with Gasteiger partial charge in [0.25, 0.3) is 5.91 Å². The maximum atomic E-state index is 12.9. The Labute approximate surface area is 145 Å². The Balaban J connectivity index is 1.91. The first kappa shape index (κ1) is 16.3. The third-order valence-electron chi connectivity index (χ3n) is 3.63. The van der Waals surface area contributed by atoms with Gasteiger partial charge in [0, 0.05) is 31.7 Å². The van der Waals surface area contributed by atoms with Crippen molar-refractivity contribution in [2.24, 2.45) is 0 Å². The summed E-state index contributed by atoms with van der Waals surface area (Å²) in [6.45, 7) is 0.501. The highest BCUT2D eigenvalue weighted by Crippen LogP contribution is 2.22. The van der Waals surface area contributed by atoms with Gasteiger partial charge >= 0.3 is 0 Å². The summed E-state index contributed by atoms with van der Waals surface area (Å²) < 4.78 is 1.90. The van der Waals surface area contributed by atoms with Crippen LogP contribution < -0.4 is 0 Å². The normalized spacial score (nSPS) is 10.6. The molecule has 1 amide bonds. The molecule has 0 aliphatic rings. The minimum absolute atomic E-state index is 0.0736. The molecule has 5 nitrogen and oxygen atoms in total.